The molecule has 0 aliphatic heterocycles. The van der Waals surface area contributed by atoms with E-state index in [1.807, 2.05) is 12.1 Å². The average molecular weight is 201 g/mol. The van der Waals surface area contributed by atoms with Gasteiger partial charge in [-0.15, -0.1) is 0 Å². The minimum absolute atomic E-state index is 0.151. The van der Waals surface area contributed by atoms with E-state index in [0.717, 1.165) is 5.39 Å². The molecule has 0 aliphatic carbocycles. The van der Waals surface area contributed by atoms with Gasteiger partial charge in [0.05, 0.1) is 11.5 Å². The Morgan fingerprint density at radius 2 is 2.07 bits per heavy atom. The summed E-state index contributed by atoms with van der Waals surface area (Å²) in [5.41, 5.74) is 1.18. The summed E-state index contributed by atoms with van der Waals surface area (Å²) in [4.78, 5) is 4.23. The Labute approximate surface area is 87.3 Å². The van der Waals surface area contributed by atoms with E-state index in [9.17, 15) is 5.11 Å². The van der Waals surface area contributed by atoms with Gasteiger partial charge in [-0.3, -0.25) is 0 Å². The number of aromatic nitrogens is 1. The summed E-state index contributed by atoms with van der Waals surface area (Å²) >= 11 is 0. The third-order valence-corrected chi connectivity index (χ3v) is 2.08. The van der Waals surface area contributed by atoms with Gasteiger partial charge in [-0.2, -0.15) is 0 Å². The normalized spacial score (nSPS) is 11.9. The number of benzene rings is 1. The topological polar surface area (TPSA) is 53.4 Å². The van der Waals surface area contributed by atoms with E-state index in [1.54, 1.807) is 31.2 Å². The van der Waals surface area contributed by atoms with Crippen molar-refractivity contribution in [1.29, 1.82) is 0 Å². The second-order valence-corrected chi connectivity index (χ2v) is 3.37. The van der Waals surface area contributed by atoms with E-state index in [-0.39, 0.29) is 11.5 Å². The van der Waals surface area contributed by atoms with Crippen LogP contribution in [0.1, 0.15) is 12.6 Å². The molecule has 2 N–H and O–H groups in total. The molecule has 76 valence electrons. The van der Waals surface area contributed by atoms with Gasteiger partial charge in [0.2, 0.25) is 0 Å². The van der Waals surface area contributed by atoms with Crippen LogP contribution < -0.4 is 0 Å². The number of para-hydroxylation sites is 1. The number of hydrogen-bond donors (Lipinski definition) is 2. The molecule has 0 radical (unpaired) electrons. The van der Waals surface area contributed by atoms with E-state index in [2.05, 4.69) is 4.98 Å². The van der Waals surface area contributed by atoms with Crippen molar-refractivity contribution in [3.63, 3.8) is 0 Å². The van der Waals surface area contributed by atoms with Gasteiger partial charge in [-0.25, -0.2) is 4.98 Å². The molecule has 1 heterocycles. The molecule has 2 rings (SSSR count). The van der Waals surface area contributed by atoms with E-state index in [4.69, 9.17) is 5.11 Å². The lowest BCUT2D eigenvalue weighted by atomic mass is 10.2. The summed E-state index contributed by atoms with van der Waals surface area (Å²) in [5.74, 6) is 0.343. The van der Waals surface area contributed by atoms with Crippen molar-refractivity contribution in [2.45, 2.75) is 6.92 Å². The van der Waals surface area contributed by atoms with Crippen molar-refractivity contribution in [2.75, 3.05) is 0 Å². The fraction of sp³-hybridized carbons (Fsp3) is 0.0833. The first-order chi connectivity index (χ1) is 7.16. The largest absolute Gasteiger partial charge is 0.513 e. The molecule has 1 aromatic carbocycles. The molecule has 0 saturated heterocycles. The number of phenolic OH excluding ortho intramolecular Hbond substituents is 1. The van der Waals surface area contributed by atoms with Gasteiger partial charge in [0.25, 0.3) is 0 Å². The standard InChI is InChI=1S/C12H11NO2/c1-8(14)7-10-6-5-9-3-2-4-11(15)12(9)13-10/h2-7,14-15H,1H3. The number of aromatic hydroxyl groups is 1. The lowest BCUT2D eigenvalue weighted by molar-refractivity contribution is 0.419. The van der Waals surface area contributed by atoms with Crippen LogP contribution in [0, 0.1) is 0 Å². The monoisotopic (exact) mass is 201 g/mol. The highest BCUT2D eigenvalue weighted by atomic mass is 16.3. The van der Waals surface area contributed by atoms with Crippen LogP contribution in [-0.2, 0) is 0 Å². The summed E-state index contributed by atoms with van der Waals surface area (Å²) in [6.07, 6.45) is 1.55. The van der Waals surface area contributed by atoms with Crippen molar-refractivity contribution in [3.8, 4) is 5.75 Å². The second kappa shape index (κ2) is 3.61. The lowest BCUT2D eigenvalue weighted by Crippen LogP contribution is -1.84. The fourth-order valence-electron chi connectivity index (χ4n) is 1.44. The minimum Gasteiger partial charge on any atom is -0.513 e. The van der Waals surface area contributed by atoms with E-state index >= 15 is 0 Å². The fourth-order valence-corrected chi connectivity index (χ4v) is 1.44. The first kappa shape index (κ1) is 9.52. The van der Waals surface area contributed by atoms with Crippen molar-refractivity contribution in [1.82, 2.24) is 4.98 Å². The van der Waals surface area contributed by atoms with Gasteiger partial charge in [0.1, 0.15) is 11.3 Å². The molecule has 0 unspecified atom stereocenters. The van der Waals surface area contributed by atoms with Crippen LogP contribution in [-0.4, -0.2) is 15.2 Å². The Kier molecular flexibility index (Phi) is 2.29. The zero-order valence-electron chi connectivity index (χ0n) is 8.31. The number of phenols is 1. The molecule has 0 saturated carbocycles. The molecule has 3 nitrogen and oxygen atoms in total. The summed E-state index contributed by atoms with van der Waals surface area (Å²) < 4.78 is 0. The molecule has 0 atom stereocenters. The Bertz CT molecular complexity index is 528. The highest BCUT2D eigenvalue weighted by molar-refractivity contribution is 5.85. The second-order valence-electron chi connectivity index (χ2n) is 3.37. The average Bonchev–Trinajstić information content (AvgIpc) is 2.18. The molecule has 3 heteroatoms. The van der Waals surface area contributed by atoms with Gasteiger partial charge >= 0.3 is 0 Å². The predicted molar refractivity (Wildman–Crippen MR) is 59.7 cm³/mol. The molecule has 2 aromatic rings. The smallest absolute Gasteiger partial charge is 0.141 e. The quantitative estimate of drug-likeness (QED) is 0.697. The summed E-state index contributed by atoms with van der Waals surface area (Å²) in [7, 11) is 0. The molecule has 0 spiro atoms. The van der Waals surface area contributed by atoms with Crippen LogP contribution in [0.3, 0.4) is 0 Å². The Balaban J connectivity index is 2.65. The van der Waals surface area contributed by atoms with Gasteiger partial charge in [-0.1, -0.05) is 18.2 Å². The summed E-state index contributed by atoms with van der Waals surface area (Å²) in [6.45, 7) is 1.58. The Hall–Kier alpha value is -2.03. The predicted octanol–water partition coefficient (Wildman–Crippen LogP) is 2.86. The number of aliphatic hydroxyl groups excluding tert-OH is 1. The SMILES string of the molecule is CC(O)=Cc1ccc2cccc(O)c2n1. The first-order valence-corrected chi connectivity index (χ1v) is 4.63. The molecule has 0 amide bonds. The van der Waals surface area contributed by atoms with Gasteiger partial charge in [0.15, 0.2) is 0 Å². The van der Waals surface area contributed by atoms with Crippen LogP contribution in [0.2, 0.25) is 0 Å². The van der Waals surface area contributed by atoms with Crippen LogP contribution in [0.5, 0.6) is 5.75 Å². The van der Waals surface area contributed by atoms with Crippen molar-refractivity contribution in [3.05, 3.63) is 41.8 Å². The maximum atomic E-state index is 9.58. The summed E-state index contributed by atoms with van der Waals surface area (Å²) in [6, 6.07) is 8.89. The minimum atomic E-state index is 0.151. The van der Waals surface area contributed by atoms with Crippen LogP contribution in [0.4, 0.5) is 0 Å². The number of fused-ring (bicyclic) bond motifs is 1. The third-order valence-electron chi connectivity index (χ3n) is 2.08. The molecule has 0 aliphatic rings. The number of allylic oxidation sites excluding steroid dienone is 1. The number of hydrogen-bond acceptors (Lipinski definition) is 3. The van der Waals surface area contributed by atoms with Crippen molar-refractivity contribution >= 4 is 17.0 Å². The zero-order valence-corrected chi connectivity index (χ0v) is 8.31. The molecule has 0 fully saturated rings. The van der Waals surface area contributed by atoms with Gasteiger partial charge < -0.3 is 10.2 Å². The van der Waals surface area contributed by atoms with Gasteiger partial charge in [-0.05, 0) is 19.1 Å². The van der Waals surface area contributed by atoms with Crippen molar-refractivity contribution < 1.29 is 10.2 Å². The number of pyridine rings is 1. The highest BCUT2D eigenvalue weighted by Gasteiger charge is 2.01. The van der Waals surface area contributed by atoms with E-state index in [1.165, 1.54) is 0 Å². The maximum Gasteiger partial charge on any atom is 0.141 e. The highest BCUT2D eigenvalue weighted by Crippen LogP contribution is 2.22. The molecule has 1 aromatic heterocycles. The Morgan fingerprint density at radius 1 is 1.27 bits per heavy atom. The lowest BCUT2D eigenvalue weighted by Gasteiger charge is -2.01. The number of nitrogens with zero attached hydrogens (tertiary/aromatic N) is 1. The van der Waals surface area contributed by atoms with Crippen molar-refractivity contribution in [2.24, 2.45) is 0 Å². The van der Waals surface area contributed by atoms with Crippen LogP contribution in [0.15, 0.2) is 36.1 Å². The Morgan fingerprint density at radius 3 is 2.80 bits per heavy atom. The summed E-state index contributed by atoms with van der Waals surface area (Å²) in [5, 5.41) is 19.6. The molecular formula is C12H11NO2. The van der Waals surface area contributed by atoms with E-state index < -0.39 is 0 Å². The molecule has 15 heavy (non-hydrogen) atoms. The third kappa shape index (κ3) is 1.91. The molecular weight excluding hydrogens is 190 g/mol. The van der Waals surface area contributed by atoms with Crippen LogP contribution >= 0.6 is 0 Å². The first-order valence-electron chi connectivity index (χ1n) is 4.63. The zero-order chi connectivity index (χ0) is 10.8. The maximum absolute atomic E-state index is 9.58. The van der Waals surface area contributed by atoms with E-state index in [0.29, 0.717) is 11.2 Å². The number of rotatable bonds is 1. The molecule has 0 bridgehead atoms. The van der Waals surface area contributed by atoms with Crippen LogP contribution in [0.25, 0.3) is 17.0 Å². The van der Waals surface area contributed by atoms with Gasteiger partial charge in [0, 0.05) is 11.5 Å². The number of aliphatic hydroxyl groups is 1.